The normalized spacial score (nSPS) is 12.8. The number of Topliss-reactive ketones (excluding diaryl/α,β-unsaturated/α-hetero) is 1. The predicted molar refractivity (Wildman–Crippen MR) is 351 cm³/mol. The van der Waals surface area contributed by atoms with E-state index >= 15 is 0 Å². The quantitative estimate of drug-likeness (QED) is 0.0200. The first kappa shape index (κ1) is 75.1. The number of amides is 2. The number of aromatic nitrogens is 4. The molecule has 0 aliphatic carbocycles. The van der Waals surface area contributed by atoms with Crippen molar-refractivity contribution in [1.82, 2.24) is 24.8 Å². The fourth-order valence-corrected chi connectivity index (χ4v) is 11.0. The molecule has 3 rings (SSSR count). The molecule has 0 fully saturated rings. The van der Waals surface area contributed by atoms with Crippen molar-refractivity contribution >= 4 is 70.1 Å². The number of fused-ring (bicyclic) bond motifs is 1. The summed E-state index contributed by atoms with van der Waals surface area (Å²) in [5.74, 6) is -1.90. The van der Waals surface area contributed by atoms with E-state index in [4.69, 9.17) is 24.7 Å². The first-order valence-electron chi connectivity index (χ1n) is 33.2. The lowest BCUT2D eigenvalue weighted by atomic mass is 9.98. The summed E-state index contributed by atoms with van der Waals surface area (Å²) >= 11 is 1.27. The van der Waals surface area contributed by atoms with Gasteiger partial charge in [0.1, 0.15) is 23.8 Å². The molecule has 2 aromatic heterocycles. The Morgan fingerprint density at radius 2 is 1.15 bits per heavy atom. The second-order valence-corrected chi connectivity index (χ2v) is 26.5. The van der Waals surface area contributed by atoms with E-state index in [1.54, 1.807) is 45.0 Å². The molecule has 0 aliphatic heterocycles. The fourth-order valence-electron chi connectivity index (χ4n) is 9.91. The minimum Gasteiger partial charge on any atom is -0.462 e. The maximum atomic E-state index is 14.5. The Labute approximate surface area is 520 Å². The smallest absolute Gasteiger partial charge is 0.408 e. The Morgan fingerprint density at radius 1 is 0.640 bits per heavy atom. The number of thioether (sulfide) groups is 1. The first-order valence-corrected chi connectivity index (χ1v) is 34.4. The number of unbranched alkanes of at least 4 members (excludes halogenated alkanes) is 25. The number of esters is 2. The molecule has 0 radical (unpaired) electrons. The lowest BCUT2D eigenvalue weighted by Crippen LogP contribution is -2.46. The van der Waals surface area contributed by atoms with Crippen LogP contribution in [-0.4, -0.2) is 104 Å². The molecule has 1 aromatic carbocycles. The number of nitrogen functional groups attached to an aromatic ring is 1. The van der Waals surface area contributed by atoms with Crippen LogP contribution in [0.5, 0.6) is 0 Å². The maximum absolute atomic E-state index is 14.5. The molecule has 2 amide bonds. The molecule has 2 heterocycles. The van der Waals surface area contributed by atoms with Crippen LogP contribution in [0.2, 0.25) is 0 Å². The summed E-state index contributed by atoms with van der Waals surface area (Å²) < 4.78 is 24.9. The van der Waals surface area contributed by atoms with Crippen LogP contribution in [0, 0.1) is 5.92 Å². The van der Waals surface area contributed by atoms with Gasteiger partial charge in [-0.25, -0.2) is 9.59 Å². The van der Waals surface area contributed by atoms with Crippen molar-refractivity contribution in [3.05, 3.63) is 40.3 Å². The Hall–Kier alpha value is -5.17. The Morgan fingerprint density at radius 3 is 1.66 bits per heavy atom. The van der Waals surface area contributed by atoms with Gasteiger partial charge in [-0.1, -0.05) is 193 Å². The minimum absolute atomic E-state index is 0.0443. The number of H-pyrrole nitrogens is 1. The molecule has 86 heavy (non-hydrogen) atoms. The molecule has 0 aliphatic rings. The summed E-state index contributed by atoms with van der Waals surface area (Å²) in [7, 11) is 0. The Balaban J connectivity index is 1.68. The van der Waals surface area contributed by atoms with Gasteiger partial charge in [-0.15, -0.1) is 0 Å². The molecular formula is C67H114N8O10S. The van der Waals surface area contributed by atoms with E-state index in [0.29, 0.717) is 35.8 Å². The molecule has 488 valence electrons. The predicted octanol–water partition coefficient (Wildman–Crippen LogP) is 15.3. The van der Waals surface area contributed by atoms with E-state index < -0.39 is 52.7 Å². The summed E-state index contributed by atoms with van der Waals surface area (Å²) in [4.78, 5) is 93.2. The molecule has 6 N–H and O–H groups in total. The SMILES string of the molecule is CCCCCCCCCCCCCCCC(=O)OCC(CSC[C@H](NC(=O)OC(C)(C)C)C(=O)C[C@@H](COC(C)(C)C)C(=O)Nc1ccc(Cn2c(=O)[nH]c3c(N)nc(NCCCC)nc32)cc1)OC(=O)CCCCCCCCCCCCCCC. The van der Waals surface area contributed by atoms with Crippen molar-refractivity contribution in [3.63, 3.8) is 0 Å². The van der Waals surface area contributed by atoms with Gasteiger partial charge >= 0.3 is 23.7 Å². The van der Waals surface area contributed by atoms with E-state index in [9.17, 15) is 28.8 Å². The Bertz CT molecular complexity index is 2430. The lowest BCUT2D eigenvalue weighted by molar-refractivity contribution is -0.157. The van der Waals surface area contributed by atoms with Gasteiger partial charge in [-0.2, -0.15) is 21.7 Å². The summed E-state index contributed by atoms with van der Waals surface area (Å²) in [5.41, 5.74) is 6.19. The van der Waals surface area contributed by atoms with E-state index in [0.717, 1.165) is 63.4 Å². The first-order chi connectivity index (χ1) is 41.2. The zero-order chi connectivity index (χ0) is 63.0. The van der Waals surface area contributed by atoms with Crippen LogP contribution in [0.25, 0.3) is 11.2 Å². The second kappa shape index (κ2) is 43.5. The summed E-state index contributed by atoms with van der Waals surface area (Å²) in [6, 6.07) is 5.86. The van der Waals surface area contributed by atoms with Gasteiger partial charge in [0.25, 0.3) is 0 Å². The van der Waals surface area contributed by atoms with Gasteiger partial charge in [0, 0.05) is 43.0 Å². The number of carbonyl (C=O) groups excluding carboxylic acids is 5. The number of hydrogen-bond donors (Lipinski definition) is 5. The van der Waals surface area contributed by atoms with Gasteiger partial charge in [0.15, 0.2) is 17.2 Å². The second-order valence-electron chi connectivity index (χ2n) is 25.4. The highest BCUT2D eigenvalue weighted by molar-refractivity contribution is 7.99. The number of nitrogens with one attached hydrogen (secondary N) is 4. The standard InChI is InChI=1S/C67H114N8O10S/c1-10-13-16-18-20-22-24-26-28-30-32-34-36-38-57(77)82-48-54(84-58(78)39-37-35-33-31-29-27-25-23-21-19-17-14-11-2)49-86-50-55(71-65(81)85-67(7,8)9)56(76)45-52(47-83-66(4,5)6)62(79)70-53-42-40-51(41-43-53)46-75-61-59(72-64(75)80)60(68)73-63(74-61)69-44-15-12-3/h40-43,52,54-55H,10-39,44-50H2,1-9H3,(H,70,79)(H,71,81)(H,72,80)(H3,68,69,73,74)/t52-,54?,55-/m0/s1. The number of hydrogen-bond acceptors (Lipinski definition) is 15. The van der Waals surface area contributed by atoms with Crippen LogP contribution >= 0.6 is 11.8 Å². The van der Waals surface area contributed by atoms with Crippen LogP contribution in [-0.2, 0) is 44.7 Å². The Kier molecular flexibility index (Phi) is 37.9. The molecule has 18 nitrogen and oxygen atoms in total. The third kappa shape index (κ3) is 34.4. The van der Waals surface area contributed by atoms with Crippen molar-refractivity contribution in [2.24, 2.45) is 5.92 Å². The van der Waals surface area contributed by atoms with Gasteiger partial charge in [-0.05, 0) is 78.5 Å². The molecule has 0 saturated heterocycles. The zero-order valence-electron chi connectivity index (χ0n) is 54.6. The highest BCUT2D eigenvalue weighted by Gasteiger charge is 2.31. The van der Waals surface area contributed by atoms with E-state index in [1.807, 2.05) is 20.8 Å². The van der Waals surface area contributed by atoms with Gasteiger partial charge in [0.05, 0.1) is 30.7 Å². The van der Waals surface area contributed by atoms with Gasteiger partial charge in [0.2, 0.25) is 11.9 Å². The zero-order valence-corrected chi connectivity index (χ0v) is 55.4. The third-order valence-electron chi connectivity index (χ3n) is 14.9. The van der Waals surface area contributed by atoms with Crippen molar-refractivity contribution in [1.29, 1.82) is 0 Å². The van der Waals surface area contributed by atoms with Crippen LogP contribution in [0.1, 0.15) is 267 Å². The number of nitrogens with zero attached hydrogens (tertiary/aromatic N) is 3. The lowest BCUT2D eigenvalue weighted by Gasteiger charge is -2.26. The van der Waals surface area contributed by atoms with E-state index in [-0.39, 0.29) is 68.3 Å². The monoisotopic (exact) mass is 1220 g/mol. The van der Waals surface area contributed by atoms with Crippen molar-refractivity contribution in [2.75, 3.05) is 47.6 Å². The van der Waals surface area contributed by atoms with Crippen LogP contribution < -0.4 is 27.4 Å². The number of ether oxygens (including phenoxy) is 4. The summed E-state index contributed by atoms with van der Waals surface area (Å²) in [5, 5.41) is 8.85. The van der Waals surface area contributed by atoms with Crippen molar-refractivity contribution in [2.45, 2.75) is 291 Å². The number of nitrogens with two attached hydrogens (primary N) is 1. The van der Waals surface area contributed by atoms with Crippen molar-refractivity contribution in [3.8, 4) is 0 Å². The fraction of sp³-hybridized carbons (Fsp3) is 0.761. The molecule has 1 unspecified atom stereocenters. The molecule has 0 spiro atoms. The van der Waals surface area contributed by atoms with E-state index in [1.165, 1.54) is 132 Å². The van der Waals surface area contributed by atoms with Crippen LogP contribution in [0.15, 0.2) is 29.1 Å². The number of ketones is 1. The third-order valence-corrected chi connectivity index (χ3v) is 16.1. The molecule has 0 saturated carbocycles. The number of alkyl carbamates (subject to hydrolysis) is 1. The molecule has 0 bridgehead atoms. The largest absolute Gasteiger partial charge is 0.462 e. The number of benzene rings is 1. The summed E-state index contributed by atoms with van der Waals surface area (Å²) in [6.07, 6.45) is 31.6. The van der Waals surface area contributed by atoms with Crippen LogP contribution in [0.3, 0.4) is 0 Å². The topological polar surface area (TPSA) is 248 Å². The molecular weight excluding hydrogens is 1110 g/mol. The van der Waals surface area contributed by atoms with Crippen molar-refractivity contribution < 1.29 is 42.9 Å². The number of anilines is 3. The minimum atomic E-state index is -1.11. The number of carbonyl (C=O) groups is 5. The highest BCUT2D eigenvalue weighted by atomic mass is 32.2. The van der Waals surface area contributed by atoms with Crippen LogP contribution in [0.4, 0.5) is 22.2 Å². The number of rotatable bonds is 49. The van der Waals surface area contributed by atoms with Gasteiger partial charge in [-0.3, -0.25) is 23.7 Å². The molecule has 3 atom stereocenters. The highest BCUT2D eigenvalue weighted by Crippen LogP contribution is 2.23. The average molecular weight is 1220 g/mol. The summed E-state index contributed by atoms with van der Waals surface area (Å²) in [6.45, 7) is 17.9. The van der Waals surface area contributed by atoms with Gasteiger partial charge < -0.3 is 45.6 Å². The number of imidazole rings is 1. The number of aromatic amines is 1. The maximum Gasteiger partial charge on any atom is 0.408 e. The van der Waals surface area contributed by atoms with E-state index in [2.05, 4.69) is 51.7 Å². The average Bonchev–Trinajstić information content (AvgIpc) is 1.88. The molecule has 3 aromatic rings. The molecule has 19 heteroatoms.